The molecule has 0 spiro atoms. The summed E-state index contributed by atoms with van der Waals surface area (Å²) in [5, 5.41) is 33.4. The molecule has 50 heavy (non-hydrogen) atoms. The summed E-state index contributed by atoms with van der Waals surface area (Å²) >= 11 is 0. The number of ether oxygens (including phenoxy) is 1. The highest BCUT2D eigenvalue weighted by molar-refractivity contribution is 6.38. The van der Waals surface area contributed by atoms with Crippen LogP contribution in [0.3, 0.4) is 0 Å². The number of amides is 7. The van der Waals surface area contributed by atoms with Gasteiger partial charge in [0.05, 0.1) is 12.1 Å². The quantitative estimate of drug-likeness (QED) is 0.0281. The summed E-state index contributed by atoms with van der Waals surface area (Å²) in [6.07, 6.45) is -0.497. The van der Waals surface area contributed by atoms with Gasteiger partial charge in [-0.2, -0.15) is 0 Å². The molecule has 0 rings (SSSR count). The Balaban J connectivity index is 5.41. The first-order valence-electron chi connectivity index (χ1n) is 16.0. The van der Waals surface area contributed by atoms with E-state index in [0.29, 0.717) is 6.42 Å². The minimum atomic E-state index is -1.53. The minimum Gasteiger partial charge on any atom is -0.461 e. The Bertz CT molecular complexity index is 1260. The first kappa shape index (κ1) is 45.1. The molecular formula is C31H51N7O12. The van der Waals surface area contributed by atoms with Gasteiger partial charge in [-0.1, -0.05) is 32.9 Å². The van der Waals surface area contributed by atoms with E-state index in [1.807, 2.05) is 0 Å². The summed E-state index contributed by atoms with van der Waals surface area (Å²) in [6, 6.07) is -8.24. The highest BCUT2D eigenvalue weighted by atomic mass is 16.5. The van der Waals surface area contributed by atoms with Crippen molar-refractivity contribution in [3.63, 3.8) is 0 Å². The van der Waals surface area contributed by atoms with E-state index in [4.69, 9.17) is 10.5 Å². The number of nitrogens with one attached hydrogen (secondary N) is 6. The maximum atomic E-state index is 12.9. The molecule has 0 aliphatic carbocycles. The zero-order valence-corrected chi connectivity index (χ0v) is 29.2. The van der Waals surface area contributed by atoms with Gasteiger partial charge in [-0.05, 0) is 39.5 Å². The van der Waals surface area contributed by atoms with Crippen LogP contribution in [0.5, 0.6) is 0 Å². The molecule has 0 aromatic rings. The van der Waals surface area contributed by atoms with Crippen LogP contribution in [0.2, 0.25) is 0 Å². The number of carbonyl (C=O) groups excluding carboxylic acids is 9. The number of hydrogen-bond donors (Lipinski definition) is 9. The third-order valence-electron chi connectivity index (χ3n) is 7.34. The van der Waals surface area contributed by atoms with Crippen molar-refractivity contribution < 1.29 is 58.1 Å². The molecule has 0 unspecified atom stereocenters. The molecule has 0 aliphatic heterocycles. The number of Topliss-reactive ketones (excluding diaryl/α,β-unsaturated/α-hetero) is 1. The molecule has 0 bridgehead atoms. The first-order valence-corrected chi connectivity index (χ1v) is 16.0. The molecule has 0 radical (unpaired) electrons. The summed E-state index contributed by atoms with van der Waals surface area (Å²) in [5.41, 5.74) is 5.31. The van der Waals surface area contributed by atoms with Crippen molar-refractivity contribution in [3.05, 3.63) is 12.7 Å². The van der Waals surface area contributed by atoms with Crippen LogP contribution in [0.1, 0.15) is 67.2 Å². The lowest BCUT2D eigenvalue weighted by Gasteiger charge is -2.28. The van der Waals surface area contributed by atoms with Gasteiger partial charge in [0.2, 0.25) is 41.2 Å². The van der Waals surface area contributed by atoms with Crippen molar-refractivity contribution in [1.29, 1.82) is 0 Å². The standard InChI is InChI=1S/C31H51N7O12/c1-8-14-50-22(42)11-10-20(26(32)44)36-28(46)21(12-13-39)37-31(49)25(43)16(4)33-27(45)17(5)34-30(48)24(18(6)40)38-29(47)23(15(3)9-2)35-19(7)41/h8,15-18,20-21,23-24,39-40H,1,9-14H2,2-7H3,(H2,32,44)(H,33,45)(H,34,48)(H,35,41)(H,36,46)(H,37,49)(H,38,47)/t15-,16-,17-,18+,20-,21-,23-,24-/m0/s1. The lowest BCUT2D eigenvalue weighted by molar-refractivity contribution is -0.143. The fourth-order valence-corrected chi connectivity index (χ4v) is 4.21. The number of aliphatic hydroxyl groups excluding tert-OH is 2. The SMILES string of the molecule is C=CCOC(=O)CC[C@H](NC(=O)[C@H](CCO)NC(=O)C(=O)[C@H](C)NC(=O)[C@H](C)NC(=O)[C@@H](NC(=O)[C@@H](NC(C)=O)[C@@H](C)CC)[C@@H](C)O)C(N)=O. The smallest absolute Gasteiger partial charge is 0.306 e. The summed E-state index contributed by atoms with van der Waals surface area (Å²) in [6.45, 7) is 11.1. The van der Waals surface area contributed by atoms with Gasteiger partial charge >= 0.3 is 5.97 Å². The number of ketones is 1. The van der Waals surface area contributed by atoms with Gasteiger partial charge in [0.15, 0.2) is 0 Å². The minimum absolute atomic E-state index is 0.0678. The maximum absolute atomic E-state index is 12.9. The summed E-state index contributed by atoms with van der Waals surface area (Å²) in [4.78, 5) is 112. The van der Waals surface area contributed by atoms with Gasteiger partial charge in [0.25, 0.3) is 5.91 Å². The zero-order chi connectivity index (χ0) is 38.7. The van der Waals surface area contributed by atoms with E-state index >= 15 is 0 Å². The highest BCUT2D eigenvalue weighted by Crippen LogP contribution is 2.09. The number of carbonyl (C=O) groups is 9. The van der Waals surface area contributed by atoms with E-state index in [0.717, 1.165) is 6.92 Å². The Morgan fingerprint density at radius 2 is 1.34 bits per heavy atom. The predicted molar refractivity (Wildman–Crippen MR) is 176 cm³/mol. The van der Waals surface area contributed by atoms with Gasteiger partial charge in [-0.25, -0.2) is 0 Å². The molecule has 0 aromatic carbocycles. The van der Waals surface area contributed by atoms with Crippen molar-refractivity contribution in [2.75, 3.05) is 13.2 Å². The Morgan fingerprint density at radius 3 is 1.84 bits per heavy atom. The van der Waals surface area contributed by atoms with Crippen LogP contribution in [-0.4, -0.2) is 119 Å². The monoisotopic (exact) mass is 713 g/mol. The van der Waals surface area contributed by atoms with Crippen LogP contribution in [0.15, 0.2) is 12.7 Å². The Kier molecular flexibility index (Phi) is 20.4. The molecule has 0 heterocycles. The van der Waals surface area contributed by atoms with Crippen LogP contribution in [-0.2, 0) is 47.9 Å². The van der Waals surface area contributed by atoms with Gasteiger partial charge in [0, 0.05) is 20.0 Å². The topological polar surface area (TPSA) is 302 Å². The predicted octanol–water partition coefficient (Wildman–Crippen LogP) is -3.67. The molecule has 0 saturated heterocycles. The molecule has 0 aromatic heterocycles. The van der Waals surface area contributed by atoms with Gasteiger partial charge in [-0.3, -0.25) is 43.2 Å². The van der Waals surface area contributed by atoms with E-state index < -0.39 is 102 Å². The molecule has 8 atom stereocenters. The van der Waals surface area contributed by atoms with Gasteiger partial charge < -0.3 is 52.6 Å². The molecule has 0 fully saturated rings. The molecule has 0 aliphatic rings. The van der Waals surface area contributed by atoms with E-state index in [2.05, 4.69) is 38.5 Å². The average Bonchev–Trinajstić information content (AvgIpc) is 3.04. The van der Waals surface area contributed by atoms with Crippen LogP contribution < -0.4 is 37.6 Å². The second kappa shape index (κ2) is 22.7. The Hall–Kier alpha value is -4.91. The van der Waals surface area contributed by atoms with Crippen LogP contribution in [0.4, 0.5) is 0 Å². The molecule has 7 amide bonds. The molecular weight excluding hydrogens is 662 g/mol. The molecule has 282 valence electrons. The van der Waals surface area contributed by atoms with E-state index in [1.54, 1.807) is 13.8 Å². The lowest BCUT2D eigenvalue weighted by atomic mass is 9.97. The number of rotatable bonds is 23. The molecule has 19 heteroatoms. The van der Waals surface area contributed by atoms with Crippen molar-refractivity contribution >= 4 is 53.1 Å². The van der Waals surface area contributed by atoms with Crippen LogP contribution in [0, 0.1) is 5.92 Å². The number of nitrogens with two attached hydrogens (primary N) is 1. The van der Waals surface area contributed by atoms with Crippen molar-refractivity contribution in [2.45, 2.75) is 110 Å². The number of esters is 1. The van der Waals surface area contributed by atoms with E-state index in [-0.39, 0.29) is 31.8 Å². The van der Waals surface area contributed by atoms with E-state index in [1.165, 1.54) is 26.8 Å². The second-order valence-corrected chi connectivity index (χ2v) is 11.6. The Labute approximate surface area is 290 Å². The van der Waals surface area contributed by atoms with Crippen molar-refractivity contribution in [3.8, 4) is 0 Å². The maximum Gasteiger partial charge on any atom is 0.306 e. The average molecular weight is 714 g/mol. The first-order chi connectivity index (χ1) is 23.3. The summed E-state index contributed by atoms with van der Waals surface area (Å²) < 4.78 is 4.80. The number of hydrogen-bond acceptors (Lipinski definition) is 12. The Morgan fingerprint density at radius 1 is 0.760 bits per heavy atom. The molecule has 10 N–H and O–H groups in total. The summed E-state index contributed by atoms with van der Waals surface area (Å²) in [5.74, 6) is -8.66. The molecule has 19 nitrogen and oxygen atoms in total. The van der Waals surface area contributed by atoms with Crippen molar-refractivity contribution in [1.82, 2.24) is 31.9 Å². The van der Waals surface area contributed by atoms with Crippen LogP contribution >= 0.6 is 0 Å². The zero-order valence-electron chi connectivity index (χ0n) is 29.2. The fraction of sp³-hybridized carbons (Fsp3) is 0.645. The number of aliphatic hydroxyl groups is 2. The third kappa shape index (κ3) is 16.0. The third-order valence-corrected chi connectivity index (χ3v) is 7.34. The molecule has 0 saturated carbocycles. The fourth-order valence-electron chi connectivity index (χ4n) is 4.21. The van der Waals surface area contributed by atoms with E-state index in [9.17, 15) is 53.4 Å². The lowest BCUT2D eigenvalue weighted by Crippen LogP contribution is -2.60. The van der Waals surface area contributed by atoms with Crippen LogP contribution in [0.25, 0.3) is 0 Å². The van der Waals surface area contributed by atoms with Gasteiger partial charge in [-0.15, -0.1) is 0 Å². The highest BCUT2D eigenvalue weighted by Gasteiger charge is 2.34. The summed E-state index contributed by atoms with van der Waals surface area (Å²) in [7, 11) is 0. The van der Waals surface area contributed by atoms with Gasteiger partial charge in [0.1, 0.15) is 36.8 Å². The second-order valence-electron chi connectivity index (χ2n) is 11.6. The number of primary amides is 1. The largest absolute Gasteiger partial charge is 0.461 e. The normalized spacial score (nSPS) is 15.5. The van der Waals surface area contributed by atoms with Crippen molar-refractivity contribution in [2.24, 2.45) is 11.7 Å².